The maximum absolute atomic E-state index is 11.8. The number of carbonyl (C=O) groups excluding carboxylic acids is 1. The van der Waals surface area contributed by atoms with Crippen LogP contribution in [0.1, 0.15) is 12.5 Å². The Morgan fingerprint density at radius 1 is 1.26 bits per heavy atom. The molecule has 1 amide bonds. The molecule has 0 unspecified atom stereocenters. The first-order valence-electron chi connectivity index (χ1n) is 6.48. The van der Waals surface area contributed by atoms with E-state index in [1.165, 1.54) is 12.1 Å². The summed E-state index contributed by atoms with van der Waals surface area (Å²) in [5.41, 5.74) is 3.82. The van der Waals surface area contributed by atoms with Crippen LogP contribution in [0.3, 0.4) is 0 Å². The molecule has 0 saturated carbocycles. The van der Waals surface area contributed by atoms with Crippen molar-refractivity contribution in [1.82, 2.24) is 10.4 Å². The van der Waals surface area contributed by atoms with Gasteiger partial charge in [0.1, 0.15) is 5.75 Å². The van der Waals surface area contributed by atoms with Crippen LogP contribution in [0, 0.1) is 0 Å². The number of nitrogens with one attached hydrogen (secondary N) is 1. The van der Waals surface area contributed by atoms with E-state index in [1.807, 2.05) is 6.07 Å². The van der Waals surface area contributed by atoms with Crippen LogP contribution in [0.25, 0.3) is 0 Å². The van der Waals surface area contributed by atoms with Crippen LogP contribution in [-0.4, -0.2) is 23.2 Å². The number of ether oxygens (including phenoxy) is 1. The number of amides is 1. The predicted molar refractivity (Wildman–Crippen MR) is 91.6 cm³/mol. The number of hydrogen-bond acceptors (Lipinski definition) is 4. The maximum Gasteiger partial charge on any atom is 0.277 e. The van der Waals surface area contributed by atoms with Crippen molar-refractivity contribution in [3.05, 3.63) is 57.3 Å². The highest BCUT2D eigenvalue weighted by Crippen LogP contribution is 2.33. The van der Waals surface area contributed by atoms with Gasteiger partial charge in [-0.25, -0.2) is 5.43 Å². The fraction of sp³-hybridized carbons (Fsp3) is 0.133. The van der Waals surface area contributed by atoms with E-state index >= 15 is 0 Å². The second-order valence-corrected chi connectivity index (χ2v) is 5.68. The number of rotatable bonds is 5. The Kier molecular flexibility index (Phi) is 6.21. The minimum absolute atomic E-state index is 0.262. The van der Waals surface area contributed by atoms with Gasteiger partial charge in [0, 0.05) is 24.0 Å². The molecule has 0 aliphatic heterocycles. The molecular weight excluding hydrogens is 361 g/mol. The molecule has 1 N–H and O–H groups in total. The standard InChI is InChI=1S/C15H12Cl3N3O2/c1-9(10-3-2-4-19-7-10)20-21-15(22)8-23-14-6-12(17)11(16)5-13(14)18/h2-7H,8H2,1H3,(H,21,22)/b20-9+. The first kappa shape index (κ1) is 17.5. The quantitative estimate of drug-likeness (QED) is 0.491. The summed E-state index contributed by atoms with van der Waals surface area (Å²) in [5.74, 6) is -0.167. The minimum atomic E-state index is -0.435. The molecule has 23 heavy (non-hydrogen) atoms. The van der Waals surface area contributed by atoms with Crippen molar-refractivity contribution in [1.29, 1.82) is 0 Å². The van der Waals surface area contributed by atoms with Crippen LogP contribution >= 0.6 is 34.8 Å². The van der Waals surface area contributed by atoms with Gasteiger partial charge in [0.05, 0.1) is 20.8 Å². The third kappa shape index (κ3) is 5.10. The molecule has 1 heterocycles. The number of hydrazone groups is 1. The zero-order chi connectivity index (χ0) is 16.8. The molecule has 0 atom stereocenters. The minimum Gasteiger partial charge on any atom is -0.482 e. The smallest absolute Gasteiger partial charge is 0.277 e. The van der Waals surface area contributed by atoms with E-state index in [2.05, 4.69) is 15.5 Å². The fourth-order valence-corrected chi connectivity index (χ4v) is 2.17. The first-order chi connectivity index (χ1) is 11.0. The molecule has 1 aromatic carbocycles. The predicted octanol–water partition coefficient (Wildman–Crippen LogP) is 3.96. The summed E-state index contributed by atoms with van der Waals surface area (Å²) < 4.78 is 5.30. The summed E-state index contributed by atoms with van der Waals surface area (Å²) in [6.07, 6.45) is 3.31. The largest absolute Gasteiger partial charge is 0.482 e. The Morgan fingerprint density at radius 3 is 2.70 bits per heavy atom. The van der Waals surface area contributed by atoms with Crippen LogP contribution in [-0.2, 0) is 4.79 Å². The highest BCUT2D eigenvalue weighted by Gasteiger charge is 2.09. The third-order valence-corrected chi connectivity index (χ3v) is 3.78. The lowest BCUT2D eigenvalue weighted by molar-refractivity contribution is -0.123. The van der Waals surface area contributed by atoms with Crippen molar-refractivity contribution in [3.63, 3.8) is 0 Å². The molecule has 120 valence electrons. The molecule has 0 radical (unpaired) electrons. The van der Waals surface area contributed by atoms with E-state index in [0.29, 0.717) is 10.7 Å². The van der Waals surface area contributed by atoms with Crippen LogP contribution in [0.5, 0.6) is 5.75 Å². The molecule has 8 heteroatoms. The summed E-state index contributed by atoms with van der Waals surface area (Å²) in [5, 5.41) is 4.84. The van der Waals surface area contributed by atoms with Crippen molar-refractivity contribution >= 4 is 46.4 Å². The number of pyridine rings is 1. The van der Waals surface area contributed by atoms with Crippen molar-refractivity contribution in [2.24, 2.45) is 5.10 Å². The Bertz CT molecular complexity index is 736. The first-order valence-corrected chi connectivity index (χ1v) is 7.61. The summed E-state index contributed by atoms with van der Waals surface area (Å²) in [6, 6.07) is 6.52. The van der Waals surface area contributed by atoms with Crippen LogP contribution in [0.4, 0.5) is 0 Å². The second-order valence-electron chi connectivity index (χ2n) is 4.46. The molecule has 0 aliphatic rings. The van der Waals surface area contributed by atoms with Gasteiger partial charge in [-0.3, -0.25) is 9.78 Å². The van der Waals surface area contributed by atoms with Gasteiger partial charge >= 0.3 is 0 Å². The third-order valence-electron chi connectivity index (χ3n) is 2.76. The van der Waals surface area contributed by atoms with Gasteiger partial charge < -0.3 is 4.74 Å². The summed E-state index contributed by atoms with van der Waals surface area (Å²) in [4.78, 5) is 15.7. The number of carbonyl (C=O) groups is 1. The van der Waals surface area contributed by atoms with Crippen LogP contribution in [0.15, 0.2) is 41.8 Å². The van der Waals surface area contributed by atoms with E-state index in [-0.39, 0.29) is 22.4 Å². The van der Waals surface area contributed by atoms with Crippen molar-refractivity contribution < 1.29 is 9.53 Å². The highest BCUT2D eigenvalue weighted by atomic mass is 35.5. The fourth-order valence-electron chi connectivity index (χ4n) is 1.58. The van der Waals surface area contributed by atoms with E-state index in [9.17, 15) is 4.79 Å². The molecule has 5 nitrogen and oxygen atoms in total. The number of hydrogen-bond donors (Lipinski definition) is 1. The summed E-state index contributed by atoms with van der Waals surface area (Å²) >= 11 is 17.6. The van der Waals surface area contributed by atoms with Crippen molar-refractivity contribution in [2.45, 2.75) is 6.92 Å². The van der Waals surface area contributed by atoms with Gasteiger partial charge in [-0.2, -0.15) is 5.10 Å². The molecule has 0 saturated heterocycles. The molecule has 1 aromatic heterocycles. The van der Waals surface area contributed by atoms with Crippen molar-refractivity contribution in [3.8, 4) is 5.75 Å². The average molecular weight is 373 g/mol. The topological polar surface area (TPSA) is 63.6 Å². The second kappa shape index (κ2) is 8.15. The zero-order valence-electron chi connectivity index (χ0n) is 12.0. The lowest BCUT2D eigenvalue weighted by Crippen LogP contribution is -2.25. The van der Waals surface area contributed by atoms with Gasteiger partial charge in [-0.15, -0.1) is 0 Å². The average Bonchev–Trinajstić information content (AvgIpc) is 2.55. The lowest BCUT2D eigenvalue weighted by atomic mass is 10.2. The van der Waals surface area contributed by atoms with E-state index < -0.39 is 5.91 Å². The van der Waals surface area contributed by atoms with E-state index in [0.717, 1.165) is 5.56 Å². The van der Waals surface area contributed by atoms with Gasteiger partial charge in [0.25, 0.3) is 5.91 Å². The zero-order valence-corrected chi connectivity index (χ0v) is 14.3. The molecule has 0 aliphatic carbocycles. The van der Waals surface area contributed by atoms with Gasteiger partial charge in [0.15, 0.2) is 6.61 Å². The molecule has 0 spiro atoms. The van der Waals surface area contributed by atoms with E-state index in [4.69, 9.17) is 39.5 Å². The van der Waals surface area contributed by atoms with E-state index in [1.54, 1.807) is 25.4 Å². The molecule has 2 aromatic rings. The SMILES string of the molecule is C/C(=N\NC(=O)COc1cc(Cl)c(Cl)cc1Cl)c1cccnc1. The molecule has 0 fully saturated rings. The van der Waals surface area contributed by atoms with Crippen molar-refractivity contribution in [2.75, 3.05) is 6.61 Å². The van der Waals surface area contributed by atoms with Gasteiger partial charge in [0.2, 0.25) is 0 Å². The molecular formula is C15H12Cl3N3O2. The Hall–Kier alpha value is -1.82. The van der Waals surface area contributed by atoms with Gasteiger partial charge in [-0.1, -0.05) is 40.9 Å². The maximum atomic E-state index is 11.8. The Labute approximate surface area is 148 Å². The number of halogens is 3. The lowest BCUT2D eigenvalue weighted by Gasteiger charge is -2.08. The number of nitrogens with zero attached hydrogens (tertiary/aromatic N) is 2. The summed E-state index contributed by atoms with van der Waals surface area (Å²) in [7, 11) is 0. The Morgan fingerprint density at radius 2 is 2.00 bits per heavy atom. The number of aromatic nitrogens is 1. The normalized spacial score (nSPS) is 11.2. The highest BCUT2D eigenvalue weighted by molar-refractivity contribution is 6.43. The van der Waals surface area contributed by atoms with Gasteiger partial charge in [-0.05, 0) is 19.1 Å². The monoisotopic (exact) mass is 371 g/mol. The van der Waals surface area contributed by atoms with Crippen LogP contribution < -0.4 is 10.2 Å². The van der Waals surface area contributed by atoms with Crippen LogP contribution in [0.2, 0.25) is 15.1 Å². The Balaban J connectivity index is 1.92. The summed E-state index contributed by atoms with van der Waals surface area (Å²) in [6.45, 7) is 1.50. The molecule has 2 rings (SSSR count). The molecule has 0 bridgehead atoms. The number of benzene rings is 1.